The van der Waals surface area contributed by atoms with Crippen molar-refractivity contribution in [2.45, 2.75) is 66.3 Å². The molecule has 1 aromatic carbocycles. The van der Waals surface area contributed by atoms with Crippen molar-refractivity contribution in [2.75, 3.05) is 6.54 Å². The van der Waals surface area contributed by atoms with E-state index in [-0.39, 0.29) is 6.10 Å². The third-order valence-electron chi connectivity index (χ3n) is 3.33. The summed E-state index contributed by atoms with van der Waals surface area (Å²) in [6.45, 7) is 12.7. The summed E-state index contributed by atoms with van der Waals surface area (Å²) >= 11 is 0. The van der Waals surface area contributed by atoms with Crippen LogP contribution in [0.1, 0.15) is 52.2 Å². The van der Waals surface area contributed by atoms with Crippen molar-refractivity contribution in [3.05, 3.63) is 35.4 Å². The van der Waals surface area contributed by atoms with Crippen LogP contribution in [0.25, 0.3) is 0 Å². The predicted octanol–water partition coefficient (Wildman–Crippen LogP) is 3.47. The molecule has 2 N–H and O–H groups in total. The number of nitrogens with zero attached hydrogens (tertiary/aromatic N) is 1. The van der Waals surface area contributed by atoms with Gasteiger partial charge < -0.3 is 15.4 Å². The van der Waals surface area contributed by atoms with Crippen LogP contribution in [0.5, 0.6) is 0 Å². The van der Waals surface area contributed by atoms with Crippen LogP contribution in [0.2, 0.25) is 0 Å². The predicted molar refractivity (Wildman–Crippen MR) is 94.1 cm³/mol. The van der Waals surface area contributed by atoms with Crippen molar-refractivity contribution in [2.24, 2.45) is 4.99 Å². The quantitative estimate of drug-likeness (QED) is 0.571. The maximum absolute atomic E-state index is 5.65. The molecular formula is C18H31N3O. The summed E-state index contributed by atoms with van der Waals surface area (Å²) in [6.07, 6.45) is 1.33. The second-order valence-electron chi connectivity index (χ2n) is 5.83. The van der Waals surface area contributed by atoms with E-state index in [1.54, 1.807) is 0 Å². The number of rotatable bonds is 8. The van der Waals surface area contributed by atoms with E-state index in [0.717, 1.165) is 18.9 Å². The first-order chi connectivity index (χ1) is 10.5. The molecule has 0 fully saturated rings. The lowest BCUT2D eigenvalue weighted by molar-refractivity contribution is 0.0657. The Morgan fingerprint density at radius 3 is 2.55 bits per heavy atom. The Morgan fingerprint density at radius 2 is 1.91 bits per heavy atom. The molecule has 0 bridgehead atoms. The van der Waals surface area contributed by atoms with E-state index in [4.69, 9.17) is 4.74 Å². The average Bonchev–Trinajstić information content (AvgIpc) is 2.51. The molecule has 0 heterocycles. The number of aliphatic imine (C=N–C) groups is 1. The van der Waals surface area contributed by atoms with Crippen molar-refractivity contribution < 1.29 is 4.74 Å². The van der Waals surface area contributed by atoms with E-state index >= 15 is 0 Å². The van der Waals surface area contributed by atoms with Gasteiger partial charge in [-0.2, -0.15) is 0 Å². The van der Waals surface area contributed by atoms with E-state index in [0.29, 0.717) is 19.2 Å². The Balaban J connectivity index is 2.66. The fraction of sp³-hybridized carbons (Fsp3) is 0.611. The van der Waals surface area contributed by atoms with Crippen molar-refractivity contribution in [3.63, 3.8) is 0 Å². The van der Waals surface area contributed by atoms with Gasteiger partial charge in [-0.05, 0) is 45.2 Å². The molecule has 1 atom stereocenters. The van der Waals surface area contributed by atoms with Gasteiger partial charge in [0.05, 0.1) is 19.3 Å². The van der Waals surface area contributed by atoms with Crippen LogP contribution in [0, 0.1) is 0 Å². The Kier molecular flexibility index (Phi) is 8.60. The highest BCUT2D eigenvalue weighted by molar-refractivity contribution is 5.80. The number of nitrogens with one attached hydrogen (secondary N) is 2. The van der Waals surface area contributed by atoms with E-state index in [1.807, 2.05) is 0 Å². The maximum atomic E-state index is 5.65. The Bertz CT molecular complexity index is 457. The van der Waals surface area contributed by atoms with Crippen molar-refractivity contribution in [1.82, 2.24) is 10.6 Å². The Morgan fingerprint density at radius 1 is 1.18 bits per heavy atom. The highest BCUT2D eigenvalue weighted by Crippen LogP contribution is 2.09. The lowest BCUT2D eigenvalue weighted by Crippen LogP contribution is -2.41. The third kappa shape index (κ3) is 7.46. The number of hydrogen-bond donors (Lipinski definition) is 2. The minimum atomic E-state index is 0.252. The van der Waals surface area contributed by atoms with Crippen LogP contribution in [0.4, 0.5) is 0 Å². The molecule has 0 radical (unpaired) electrons. The van der Waals surface area contributed by atoms with Gasteiger partial charge in [0.2, 0.25) is 0 Å². The molecule has 0 saturated carbocycles. The van der Waals surface area contributed by atoms with Crippen LogP contribution in [0.3, 0.4) is 0 Å². The number of hydrogen-bond acceptors (Lipinski definition) is 2. The lowest BCUT2D eigenvalue weighted by Gasteiger charge is -2.16. The van der Waals surface area contributed by atoms with Gasteiger partial charge in [-0.1, -0.05) is 31.2 Å². The molecule has 124 valence electrons. The Labute approximate surface area is 135 Å². The van der Waals surface area contributed by atoms with Crippen molar-refractivity contribution in [1.29, 1.82) is 0 Å². The van der Waals surface area contributed by atoms with Crippen molar-refractivity contribution in [3.8, 4) is 0 Å². The molecule has 4 heteroatoms. The topological polar surface area (TPSA) is 45.7 Å². The average molecular weight is 305 g/mol. The van der Waals surface area contributed by atoms with Crippen molar-refractivity contribution >= 4 is 5.96 Å². The minimum Gasteiger partial charge on any atom is -0.374 e. The molecule has 0 aromatic heterocycles. The number of ether oxygens (including phenoxy) is 1. The van der Waals surface area contributed by atoms with Gasteiger partial charge in [-0.15, -0.1) is 0 Å². The molecule has 1 aromatic rings. The highest BCUT2D eigenvalue weighted by atomic mass is 16.5. The minimum absolute atomic E-state index is 0.252. The standard InChI is InChI=1S/C18H31N3O/c1-6-15(5)21-18(19-7-2)20-12-16-9-8-10-17(11-16)13-22-14(3)4/h8-11,14-15H,6-7,12-13H2,1-5H3,(H2,19,20,21). The van der Waals surface area contributed by atoms with Gasteiger partial charge in [0, 0.05) is 12.6 Å². The molecule has 0 aliphatic heterocycles. The molecule has 1 unspecified atom stereocenters. The summed E-state index contributed by atoms with van der Waals surface area (Å²) < 4.78 is 5.65. The van der Waals surface area contributed by atoms with E-state index in [9.17, 15) is 0 Å². The van der Waals surface area contributed by atoms with Crippen LogP contribution >= 0.6 is 0 Å². The third-order valence-corrected chi connectivity index (χ3v) is 3.33. The summed E-state index contributed by atoms with van der Waals surface area (Å²) in [7, 11) is 0. The molecule has 0 aliphatic carbocycles. The second kappa shape index (κ2) is 10.2. The van der Waals surface area contributed by atoms with Crippen LogP contribution in [-0.2, 0) is 17.9 Å². The lowest BCUT2D eigenvalue weighted by atomic mass is 10.1. The molecule has 0 saturated heterocycles. The summed E-state index contributed by atoms with van der Waals surface area (Å²) in [4.78, 5) is 4.66. The zero-order chi connectivity index (χ0) is 16.4. The van der Waals surface area contributed by atoms with Gasteiger partial charge in [0.15, 0.2) is 5.96 Å². The SMILES string of the molecule is CCNC(=NCc1cccc(COC(C)C)c1)NC(C)CC. The van der Waals surface area contributed by atoms with Gasteiger partial charge in [-0.3, -0.25) is 0 Å². The maximum Gasteiger partial charge on any atom is 0.191 e. The van der Waals surface area contributed by atoms with Crippen LogP contribution in [0.15, 0.2) is 29.3 Å². The fourth-order valence-electron chi connectivity index (χ4n) is 1.91. The van der Waals surface area contributed by atoms with Gasteiger partial charge >= 0.3 is 0 Å². The first kappa shape index (κ1) is 18.5. The summed E-state index contributed by atoms with van der Waals surface area (Å²) in [6, 6.07) is 8.86. The number of guanidine groups is 1. The molecule has 22 heavy (non-hydrogen) atoms. The van der Waals surface area contributed by atoms with Crippen LogP contribution in [-0.4, -0.2) is 24.7 Å². The normalized spacial score (nSPS) is 13.3. The molecule has 0 aliphatic rings. The first-order valence-electron chi connectivity index (χ1n) is 8.29. The largest absolute Gasteiger partial charge is 0.374 e. The summed E-state index contributed by atoms with van der Waals surface area (Å²) in [5.41, 5.74) is 2.40. The van der Waals surface area contributed by atoms with Gasteiger partial charge in [-0.25, -0.2) is 4.99 Å². The van der Waals surface area contributed by atoms with E-state index < -0.39 is 0 Å². The van der Waals surface area contributed by atoms with Crippen LogP contribution < -0.4 is 10.6 Å². The fourth-order valence-corrected chi connectivity index (χ4v) is 1.91. The summed E-state index contributed by atoms with van der Waals surface area (Å²) in [5, 5.41) is 6.69. The van der Waals surface area contributed by atoms with E-state index in [2.05, 4.69) is 74.5 Å². The van der Waals surface area contributed by atoms with E-state index in [1.165, 1.54) is 11.1 Å². The zero-order valence-corrected chi connectivity index (χ0v) is 14.6. The summed E-state index contributed by atoms with van der Waals surface area (Å²) in [5.74, 6) is 0.876. The highest BCUT2D eigenvalue weighted by Gasteiger charge is 2.03. The zero-order valence-electron chi connectivity index (χ0n) is 14.6. The second-order valence-corrected chi connectivity index (χ2v) is 5.83. The number of benzene rings is 1. The van der Waals surface area contributed by atoms with Gasteiger partial charge in [0.1, 0.15) is 0 Å². The first-order valence-corrected chi connectivity index (χ1v) is 8.29. The molecule has 0 spiro atoms. The molecule has 4 nitrogen and oxygen atoms in total. The van der Waals surface area contributed by atoms with Gasteiger partial charge in [0.25, 0.3) is 0 Å². The molecular weight excluding hydrogens is 274 g/mol. The molecule has 0 amide bonds. The molecule has 1 rings (SSSR count). The monoisotopic (exact) mass is 305 g/mol. The Hall–Kier alpha value is -1.55. The smallest absolute Gasteiger partial charge is 0.191 e.